The Morgan fingerprint density at radius 1 is 1.09 bits per heavy atom. The molecule has 8 heteroatoms. The number of hydrogen-bond acceptors (Lipinski definition) is 3. The van der Waals surface area contributed by atoms with Gasteiger partial charge in [-0.25, -0.2) is 21.9 Å². The number of benzene rings is 2. The van der Waals surface area contributed by atoms with Gasteiger partial charge in [0.05, 0.1) is 28.4 Å². The van der Waals surface area contributed by atoms with Crippen LogP contribution in [0.5, 0.6) is 0 Å². The zero-order chi connectivity index (χ0) is 23.3. The van der Waals surface area contributed by atoms with Crippen molar-refractivity contribution in [3.63, 3.8) is 0 Å². The molecule has 0 amide bonds. The second kappa shape index (κ2) is 8.08. The molecule has 4 rings (SSSR count). The maximum atomic E-state index is 14.9. The third-order valence-electron chi connectivity index (χ3n) is 5.66. The van der Waals surface area contributed by atoms with E-state index in [4.69, 9.17) is 0 Å². The monoisotopic (exact) mass is 459 g/mol. The van der Waals surface area contributed by atoms with Crippen molar-refractivity contribution < 1.29 is 17.2 Å². The van der Waals surface area contributed by atoms with Crippen molar-refractivity contribution in [2.24, 2.45) is 5.92 Å². The van der Waals surface area contributed by atoms with Crippen molar-refractivity contribution in [1.82, 2.24) is 14.5 Å². The first-order chi connectivity index (χ1) is 15.0. The first-order valence-corrected chi connectivity index (χ1v) is 12.1. The summed E-state index contributed by atoms with van der Waals surface area (Å²) in [4.78, 5) is 0.162. The Bertz CT molecular complexity index is 1240. The number of halogens is 2. The Morgan fingerprint density at radius 2 is 1.75 bits per heavy atom. The third-order valence-corrected chi connectivity index (χ3v) is 7.12. The Morgan fingerprint density at radius 3 is 2.34 bits per heavy atom. The van der Waals surface area contributed by atoms with Gasteiger partial charge in [0.25, 0.3) is 0 Å². The van der Waals surface area contributed by atoms with Crippen LogP contribution >= 0.6 is 0 Å². The number of hydrogen-bond donors (Lipinski definition) is 1. The fourth-order valence-corrected chi connectivity index (χ4v) is 5.13. The van der Waals surface area contributed by atoms with Crippen LogP contribution in [0.3, 0.4) is 0 Å². The normalized spacial score (nSPS) is 15.7. The lowest BCUT2D eigenvalue weighted by Gasteiger charge is -2.25. The molecule has 1 heterocycles. The molecule has 5 nitrogen and oxygen atoms in total. The second-order valence-electron chi connectivity index (χ2n) is 9.40. The van der Waals surface area contributed by atoms with E-state index in [2.05, 4.69) is 9.82 Å². The van der Waals surface area contributed by atoms with Crippen LogP contribution < -0.4 is 4.72 Å². The highest BCUT2D eigenvalue weighted by Gasteiger charge is 2.39. The van der Waals surface area contributed by atoms with Crippen molar-refractivity contribution in [3.05, 3.63) is 71.4 Å². The first kappa shape index (κ1) is 22.6. The molecule has 0 spiro atoms. The summed E-state index contributed by atoms with van der Waals surface area (Å²) in [6.45, 7) is 7.62. The minimum atomic E-state index is -3.83. The Labute approximate surface area is 187 Å². The molecular formula is C24H27F2N3O2S. The third kappa shape index (κ3) is 4.47. The highest BCUT2D eigenvalue weighted by molar-refractivity contribution is 7.89. The molecule has 3 aromatic rings. The second-order valence-corrected chi connectivity index (χ2v) is 11.1. The molecule has 2 aromatic carbocycles. The summed E-state index contributed by atoms with van der Waals surface area (Å²) in [6.07, 6.45) is 3.26. The van der Waals surface area contributed by atoms with Gasteiger partial charge in [0, 0.05) is 11.1 Å². The molecule has 1 unspecified atom stereocenters. The molecule has 1 aromatic heterocycles. The van der Waals surface area contributed by atoms with Crippen LogP contribution in [0.2, 0.25) is 0 Å². The fraction of sp³-hybridized carbons (Fsp3) is 0.375. The number of nitrogens with zero attached hydrogens (tertiary/aromatic N) is 2. The predicted molar refractivity (Wildman–Crippen MR) is 120 cm³/mol. The number of aryl methyl sites for hydroxylation is 1. The van der Waals surface area contributed by atoms with Gasteiger partial charge < -0.3 is 0 Å². The van der Waals surface area contributed by atoms with Gasteiger partial charge in [-0.3, -0.25) is 4.68 Å². The maximum absolute atomic E-state index is 14.9. The van der Waals surface area contributed by atoms with Gasteiger partial charge in [0.1, 0.15) is 11.6 Å². The average Bonchev–Trinajstić information content (AvgIpc) is 3.45. The molecule has 1 atom stereocenters. The number of sulfonamides is 1. The van der Waals surface area contributed by atoms with Gasteiger partial charge in [0.2, 0.25) is 10.0 Å². The van der Waals surface area contributed by atoms with Crippen molar-refractivity contribution in [2.45, 2.75) is 57.0 Å². The molecule has 170 valence electrons. The van der Waals surface area contributed by atoms with E-state index >= 15 is 0 Å². The molecule has 1 aliphatic carbocycles. The molecule has 1 aliphatic rings. The van der Waals surface area contributed by atoms with Crippen LogP contribution in [0, 0.1) is 24.5 Å². The zero-order valence-electron chi connectivity index (χ0n) is 18.6. The van der Waals surface area contributed by atoms with E-state index in [9.17, 15) is 17.2 Å². The van der Waals surface area contributed by atoms with Gasteiger partial charge in [-0.15, -0.1) is 0 Å². The standard InChI is InChI=1S/C24H27F2N3O2S/c1-15-5-10-18(11-6-15)32(30,31)28-22(16-7-8-16)20-14-27-29(24(2,3)4)23(20)19-13-17(25)9-12-21(19)26/h5-6,9-14,16,22,28H,7-8H2,1-4H3. The van der Waals surface area contributed by atoms with Crippen LogP contribution in [0.25, 0.3) is 11.3 Å². The van der Waals surface area contributed by atoms with Crippen LogP contribution in [0.15, 0.2) is 53.6 Å². The van der Waals surface area contributed by atoms with Crippen molar-refractivity contribution in [2.75, 3.05) is 0 Å². The molecule has 0 saturated heterocycles. The summed E-state index contributed by atoms with van der Waals surface area (Å²) in [6, 6.07) is 9.29. The molecule has 1 fully saturated rings. The molecule has 32 heavy (non-hydrogen) atoms. The lowest BCUT2D eigenvalue weighted by molar-refractivity contribution is 0.359. The fourth-order valence-electron chi connectivity index (χ4n) is 3.84. The molecule has 0 bridgehead atoms. The quantitative estimate of drug-likeness (QED) is 0.543. The Hall–Kier alpha value is -2.58. The minimum Gasteiger partial charge on any atom is -0.259 e. The van der Waals surface area contributed by atoms with Gasteiger partial charge in [-0.1, -0.05) is 17.7 Å². The maximum Gasteiger partial charge on any atom is 0.241 e. The van der Waals surface area contributed by atoms with Gasteiger partial charge in [-0.2, -0.15) is 5.10 Å². The minimum absolute atomic E-state index is 0.0585. The average molecular weight is 460 g/mol. The highest BCUT2D eigenvalue weighted by Crippen LogP contribution is 2.45. The molecule has 0 aliphatic heterocycles. The lowest BCUT2D eigenvalue weighted by Crippen LogP contribution is -2.31. The van der Waals surface area contributed by atoms with Crippen LogP contribution in [0.4, 0.5) is 8.78 Å². The summed E-state index contributed by atoms with van der Waals surface area (Å²) in [7, 11) is -3.83. The summed E-state index contributed by atoms with van der Waals surface area (Å²) < 4.78 is 59.7. The Kier molecular flexibility index (Phi) is 5.71. The molecular weight excluding hydrogens is 432 g/mol. The van der Waals surface area contributed by atoms with Gasteiger partial charge in [-0.05, 0) is 76.8 Å². The van der Waals surface area contributed by atoms with E-state index in [0.29, 0.717) is 11.3 Å². The highest BCUT2D eigenvalue weighted by atomic mass is 32.2. The van der Waals surface area contributed by atoms with E-state index in [1.807, 2.05) is 27.7 Å². The Balaban J connectivity index is 1.84. The summed E-state index contributed by atoms with van der Waals surface area (Å²) in [5, 5.41) is 4.47. The van der Waals surface area contributed by atoms with Gasteiger partial charge in [0.15, 0.2) is 0 Å². The van der Waals surface area contributed by atoms with E-state index in [1.54, 1.807) is 35.1 Å². The number of aromatic nitrogens is 2. The molecule has 0 radical (unpaired) electrons. The van der Waals surface area contributed by atoms with Crippen molar-refractivity contribution in [3.8, 4) is 11.3 Å². The smallest absolute Gasteiger partial charge is 0.241 e. The van der Waals surface area contributed by atoms with Crippen LogP contribution in [-0.4, -0.2) is 18.2 Å². The number of nitrogens with one attached hydrogen (secondary N) is 1. The summed E-state index contributed by atoms with van der Waals surface area (Å²) in [5.41, 5.74) is 1.42. The van der Waals surface area contributed by atoms with Crippen LogP contribution in [0.1, 0.15) is 50.8 Å². The SMILES string of the molecule is Cc1ccc(S(=O)(=O)NC(c2cnn(C(C)(C)C)c2-c2cc(F)ccc2F)C2CC2)cc1. The predicted octanol–water partition coefficient (Wildman–Crippen LogP) is 5.32. The summed E-state index contributed by atoms with van der Waals surface area (Å²) in [5.74, 6) is -1.10. The van der Waals surface area contributed by atoms with E-state index < -0.39 is 33.2 Å². The topological polar surface area (TPSA) is 64.0 Å². The molecule has 1 N–H and O–H groups in total. The zero-order valence-corrected chi connectivity index (χ0v) is 19.4. The lowest BCUT2D eigenvalue weighted by atomic mass is 9.97. The van der Waals surface area contributed by atoms with Gasteiger partial charge >= 0.3 is 0 Å². The van der Waals surface area contributed by atoms with Crippen molar-refractivity contribution in [1.29, 1.82) is 0 Å². The van der Waals surface area contributed by atoms with E-state index in [-0.39, 0.29) is 16.4 Å². The van der Waals surface area contributed by atoms with Crippen molar-refractivity contribution >= 4 is 10.0 Å². The van der Waals surface area contributed by atoms with E-state index in [1.165, 1.54) is 0 Å². The first-order valence-electron chi connectivity index (χ1n) is 10.6. The summed E-state index contributed by atoms with van der Waals surface area (Å²) >= 11 is 0. The van der Waals surface area contributed by atoms with Crippen LogP contribution in [-0.2, 0) is 15.6 Å². The molecule has 1 saturated carbocycles. The largest absolute Gasteiger partial charge is 0.259 e. The van der Waals surface area contributed by atoms with E-state index in [0.717, 1.165) is 36.6 Å². The number of rotatable bonds is 6.